The van der Waals surface area contributed by atoms with Gasteiger partial charge in [0.25, 0.3) is 0 Å². The minimum atomic E-state index is -0.120. The Kier molecular flexibility index (Phi) is 4.18. The predicted octanol–water partition coefficient (Wildman–Crippen LogP) is 0.0831. The van der Waals surface area contributed by atoms with Gasteiger partial charge >= 0.3 is 6.03 Å². The van der Waals surface area contributed by atoms with Gasteiger partial charge in [0.2, 0.25) is 5.95 Å². The summed E-state index contributed by atoms with van der Waals surface area (Å²) in [5, 5.41) is 8.08. The summed E-state index contributed by atoms with van der Waals surface area (Å²) < 4.78 is 1.92. The van der Waals surface area contributed by atoms with Crippen LogP contribution in [0.5, 0.6) is 0 Å². The van der Waals surface area contributed by atoms with Crippen molar-refractivity contribution in [2.45, 2.75) is 19.4 Å². The molecule has 3 rings (SSSR count). The second kappa shape index (κ2) is 5.99. The smallest absolute Gasteiger partial charge is 0.320 e. The number of piperazine rings is 2. The van der Waals surface area contributed by atoms with Crippen molar-refractivity contribution in [2.24, 2.45) is 7.05 Å². The fourth-order valence-corrected chi connectivity index (χ4v) is 3.58. The molecule has 128 valence electrons. The van der Waals surface area contributed by atoms with Gasteiger partial charge in [0.15, 0.2) is 0 Å². The van der Waals surface area contributed by atoms with Crippen LogP contribution in [0.25, 0.3) is 0 Å². The maximum Gasteiger partial charge on any atom is 0.320 e. The number of aromatic nitrogens is 3. The third-order valence-electron chi connectivity index (χ3n) is 4.84. The minimum absolute atomic E-state index is 0.120. The van der Waals surface area contributed by atoms with E-state index in [1.807, 2.05) is 21.4 Å². The first kappa shape index (κ1) is 16.0. The number of hydrogen-bond acceptors (Lipinski definition) is 5. The zero-order valence-corrected chi connectivity index (χ0v) is 14.6. The van der Waals surface area contributed by atoms with Crippen LogP contribution in [0.3, 0.4) is 0 Å². The van der Waals surface area contributed by atoms with Gasteiger partial charge in [-0.1, -0.05) is 0 Å². The Hall–Kier alpha value is -1.83. The largest absolute Gasteiger partial charge is 0.337 e. The number of hydrogen-bond donors (Lipinski definition) is 0. The molecule has 0 N–H and O–H groups in total. The molecule has 1 aromatic heterocycles. The topological polar surface area (TPSA) is 60.7 Å². The maximum absolute atomic E-state index is 12.9. The van der Waals surface area contributed by atoms with Crippen molar-refractivity contribution in [3.05, 3.63) is 6.33 Å². The van der Waals surface area contributed by atoms with Gasteiger partial charge in [0, 0.05) is 52.9 Å². The Bertz CT molecular complexity index is 562. The first-order valence-corrected chi connectivity index (χ1v) is 8.22. The van der Waals surface area contributed by atoms with Crippen LogP contribution in [0.15, 0.2) is 6.33 Å². The number of amides is 2. The lowest BCUT2D eigenvalue weighted by molar-refractivity contribution is 0.0414. The maximum atomic E-state index is 12.9. The Morgan fingerprint density at radius 3 is 2.35 bits per heavy atom. The molecule has 2 aliphatic rings. The zero-order chi connectivity index (χ0) is 16.6. The van der Waals surface area contributed by atoms with Crippen molar-refractivity contribution in [3.8, 4) is 0 Å². The molecule has 23 heavy (non-hydrogen) atoms. The van der Waals surface area contributed by atoms with Crippen molar-refractivity contribution in [1.29, 1.82) is 0 Å². The number of rotatable bonds is 1. The SMILES string of the molecule is CN1CCN(C(=O)N2CCN(c3nncn3C)CC2)C(C)(C)C1. The standard InChI is InChI=1S/C15H27N7O/c1-15(2)11-18(3)5-10-22(15)14(23)21-8-6-20(7-9-21)13-17-16-12-19(13)4/h12H,5-11H2,1-4H3. The van der Waals surface area contributed by atoms with Crippen molar-refractivity contribution >= 4 is 12.0 Å². The van der Waals surface area contributed by atoms with Crippen molar-refractivity contribution < 1.29 is 4.79 Å². The van der Waals surface area contributed by atoms with Crippen molar-refractivity contribution in [2.75, 3.05) is 57.8 Å². The number of carbonyl (C=O) groups excluding carboxylic acids is 1. The molecule has 2 aliphatic heterocycles. The molecule has 2 fully saturated rings. The molecule has 0 bridgehead atoms. The summed E-state index contributed by atoms with van der Waals surface area (Å²) in [5.74, 6) is 0.872. The normalized spacial score (nSPS) is 22.5. The number of carbonyl (C=O) groups is 1. The van der Waals surface area contributed by atoms with E-state index in [1.54, 1.807) is 6.33 Å². The van der Waals surface area contributed by atoms with Crippen LogP contribution in [0.1, 0.15) is 13.8 Å². The van der Waals surface area contributed by atoms with E-state index in [1.165, 1.54) is 0 Å². The van der Waals surface area contributed by atoms with E-state index in [-0.39, 0.29) is 11.6 Å². The number of likely N-dealkylation sites (N-methyl/N-ethyl adjacent to an activating group) is 1. The average molecular weight is 321 g/mol. The fourth-order valence-electron chi connectivity index (χ4n) is 3.58. The van der Waals surface area contributed by atoms with Crippen LogP contribution < -0.4 is 4.90 Å². The van der Waals surface area contributed by atoms with E-state index in [4.69, 9.17) is 0 Å². The lowest BCUT2D eigenvalue weighted by atomic mass is 9.99. The second-order valence-electron chi connectivity index (χ2n) is 7.20. The second-order valence-corrected chi connectivity index (χ2v) is 7.20. The molecule has 0 aromatic carbocycles. The molecule has 1 aromatic rings. The lowest BCUT2D eigenvalue weighted by Gasteiger charge is -2.48. The number of aryl methyl sites for hydroxylation is 1. The molecular weight excluding hydrogens is 294 g/mol. The highest BCUT2D eigenvalue weighted by molar-refractivity contribution is 5.76. The Morgan fingerprint density at radius 2 is 1.78 bits per heavy atom. The molecule has 0 atom stereocenters. The van der Waals surface area contributed by atoms with Crippen LogP contribution in [0.2, 0.25) is 0 Å². The van der Waals surface area contributed by atoms with Crippen molar-refractivity contribution in [1.82, 2.24) is 29.5 Å². The number of nitrogens with zero attached hydrogens (tertiary/aromatic N) is 7. The summed E-state index contributed by atoms with van der Waals surface area (Å²) in [6.07, 6.45) is 1.71. The highest BCUT2D eigenvalue weighted by Crippen LogP contribution is 2.22. The van der Waals surface area contributed by atoms with Gasteiger partial charge in [0.05, 0.1) is 5.54 Å². The summed E-state index contributed by atoms with van der Waals surface area (Å²) in [6.45, 7) is 10.0. The molecule has 0 saturated carbocycles. The Labute approximate surface area is 137 Å². The Morgan fingerprint density at radius 1 is 1.09 bits per heavy atom. The van der Waals surface area contributed by atoms with E-state index in [9.17, 15) is 4.79 Å². The van der Waals surface area contributed by atoms with Crippen LogP contribution in [0.4, 0.5) is 10.7 Å². The van der Waals surface area contributed by atoms with Crippen LogP contribution >= 0.6 is 0 Å². The quantitative estimate of drug-likeness (QED) is 0.733. The summed E-state index contributed by atoms with van der Waals surface area (Å²) in [6, 6.07) is 0.167. The third kappa shape index (κ3) is 3.12. The molecule has 8 heteroatoms. The molecule has 0 spiro atoms. The summed E-state index contributed by atoms with van der Waals surface area (Å²) >= 11 is 0. The zero-order valence-electron chi connectivity index (χ0n) is 14.6. The van der Waals surface area contributed by atoms with Gasteiger partial charge in [0.1, 0.15) is 6.33 Å². The number of urea groups is 1. The van der Waals surface area contributed by atoms with Gasteiger partial charge in [-0.05, 0) is 20.9 Å². The molecule has 3 heterocycles. The molecule has 2 amide bonds. The predicted molar refractivity (Wildman–Crippen MR) is 88.5 cm³/mol. The molecule has 0 aliphatic carbocycles. The lowest BCUT2D eigenvalue weighted by Crippen LogP contribution is -2.64. The van der Waals surface area contributed by atoms with E-state index >= 15 is 0 Å². The van der Waals surface area contributed by atoms with Crippen molar-refractivity contribution in [3.63, 3.8) is 0 Å². The highest BCUT2D eigenvalue weighted by Gasteiger charge is 2.38. The molecular formula is C15H27N7O. The number of anilines is 1. The van der Waals surface area contributed by atoms with E-state index in [0.717, 1.165) is 51.8 Å². The van der Waals surface area contributed by atoms with Crippen LogP contribution in [0, 0.1) is 0 Å². The monoisotopic (exact) mass is 321 g/mol. The molecule has 8 nitrogen and oxygen atoms in total. The van der Waals surface area contributed by atoms with Crippen LogP contribution in [-0.4, -0.2) is 93.9 Å². The van der Waals surface area contributed by atoms with E-state index < -0.39 is 0 Å². The first-order chi connectivity index (χ1) is 10.9. The molecule has 0 radical (unpaired) electrons. The third-order valence-corrected chi connectivity index (χ3v) is 4.84. The first-order valence-electron chi connectivity index (χ1n) is 8.22. The van der Waals surface area contributed by atoms with Gasteiger partial charge in [-0.3, -0.25) is 0 Å². The minimum Gasteiger partial charge on any atom is -0.337 e. The highest BCUT2D eigenvalue weighted by atomic mass is 16.2. The van der Waals surface area contributed by atoms with Gasteiger partial charge in [-0.15, -0.1) is 10.2 Å². The van der Waals surface area contributed by atoms with Gasteiger partial charge < -0.3 is 24.2 Å². The summed E-state index contributed by atoms with van der Waals surface area (Å²) in [7, 11) is 4.06. The Balaban J connectivity index is 1.61. The fraction of sp³-hybridized carbons (Fsp3) is 0.800. The molecule has 2 saturated heterocycles. The van der Waals surface area contributed by atoms with E-state index in [2.05, 4.69) is 40.9 Å². The van der Waals surface area contributed by atoms with Crippen LogP contribution in [-0.2, 0) is 7.05 Å². The summed E-state index contributed by atoms with van der Waals surface area (Å²) in [4.78, 5) is 21.4. The van der Waals surface area contributed by atoms with Gasteiger partial charge in [-0.25, -0.2) is 4.79 Å². The van der Waals surface area contributed by atoms with Gasteiger partial charge in [-0.2, -0.15) is 0 Å². The summed E-state index contributed by atoms with van der Waals surface area (Å²) in [5.41, 5.74) is -0.120. The van der Waals surface area contributed by atoms with E-state index in [0.29, 0.717) is 0 Å². The average Bonchev–Trinajstić information content (AvgIpc) is 2.92. The molecule has 0 unspecified atom stereocenters.